The number of hydrogen-bond acceptors (Lipinski definition) is 4. The average molecular weight is 400 g/mol. The summed E-state index contributed by atoms with van der Waals surface area (Å²) in [5, 5.41) is 17.0. The molecule has 0 amide bonds. The van der Waals surface area contributed by atoms with Crippen LogP contribution in [0.3, 0.4) is 0 Å². The lowest BCUT2D eigenvalue weighted by Gasteiger charge is -2.25. The normalized spacial score (nSPS) is 17.6. The van der Waals surface area contributed by atoms with Gasteiger partial charge in [0, 0.05) is 22.5 Å². The topological polar surface area (TPSA) is 41.5 Å². The third-order valence-electron chi connectivity index (χ3n) is 4.62. The van der Waals surface area contributed by atoms with Gasteiger partial charge in [-0.1, -0.05) is 42.1 Å². The van der Waals surface area contributed by atoms with Gasteiger partial charge in [0.25, 0.3) is 0 Å². The standard InChI is InChI=1S/C19H23Cl2NO2S/c20-14-7-8-17(16(21)10-14)24-12-15(23)11-22-19(13-4-1-2-5-13)18-6-3-9-25-18/h3,6-10,13,15,19,22-23H,1-2,4-5,11-12H2. The Balaban J connectivity index is 1.52. The summed E-state index contributed by atoms with van der Waals surface area (Å²) in [6.07, 6.45) is 4.50. The second kappa shape index (κ2) is 9.24. The lowest BCUT2D eigenvalue weighted by Crippen LogP contribution is -2.36. The van der Waals surface area contributed by atoms with Gasteiger partial charge >= 0.3 is 0 Å². The van der Waals surface area contributed by atoms with Gasteiger partial charge < -0.3 is 15.2 Å². The molecule has 2 aromatic rings. The van der Waals surface area contributed by atoms with Gasteiger partial charge in [0.05, 0.1) is 5.02 Å². The zero-order valence-corrected chi connectivity index (χ0v) is 16.3. The maximum absolute atomic E-state index is 10.3. The van der Waals surface area contributed by atoms with E-state index >= 15 is 0 Å². The van der Waals surface area contributed by atoms with E-state index in [1.54, 1.807) is 29.5 Å². The summed E-state index contributed by atoms with van der Waals surface area (Å²) in [5.74, 6) is 1.19. The van der Waals surface area contributed by atoms with Crippen molar-refractivity contribution in [2.24, 2.45) is 5.92 Å². The van der Waals surface area contributed by atoms with Gasteiger partial charge in [0.1, 0.15) is 18.5 Å². The molecule has 6 heteroatoms. The highest BCUT2D eigenvalue weighted by atomic mass is 35.5. The van der Waals surface area contributed by atoms with Crippen LogP contribution in [0.4, 0.5) is 0 Å². The third kappa shape index (κ3) is 5.35. The van der Waals surface area contributed by atoms with Gasteiger partial charge in [-0.05, 0) is 48.4 Å². The summed E-state index contributed by atoms with van der Waals surface area (Å²) in [5.41, 5.74) is 0. The molecule has 1 heterocycles. The fourth-order valence-electron chi connectivity index (χ4n) is 3.36. The Labute approximate surface area is 162 Å². The van der Waals surface area contributed by atoms with Gasteiger partial charge in [-0.25, -0.2) is 0 Å². The number of rotatable bonds is 8. The van der Waals surface area contributed by atoms with Crippen LogP contribution in [0.15, 0.2) is 35.7 Å². The molecule has 0 spiro atoms. The maximum Gasteiger partial charge on any atom is 0.138 e. The van der Waals surface area contributed by atoms with E-state index in [4.69, 9.17) is 27.9 Å². The molecule has 3 rings (SSSR count). The average Bonchev–Trinajstić information content (AvgIpc) is 3.28. The number of hydrogen-bond donors (Lipinski definition) is 2. The smallest absolute Gasteiger partial charge is 0.138 e. The van der Waals surface area contributed by atoms with Crippen molar-refractivity contribution in [2.75, 3.05) is 13.2 Å². The molecule has 1 aromatic heterocycles. The molecule has 2 N–H and O–H groups in total. The first kappa shape index (κ1) is 19.0. The first-order valence-electron chi connectivity index (χ1n) is 8.66. The van der Waals surface area contributed by atoms with Crippen molar-refractivity contribution in [2.45, 2.75) is 37.8 Å². The molecular weight excluding hydrogens is 377 g/mol. The molecule has 3 nitrogen and oxygen atoms in total. The lowest BCUT2D eigenvalue weighted by atomic mass is 9.96. The molecule has 0 bridgehead atoms. The Morgan fingerprint density at radius 2 is 2.04 bits per heavy atom. The van der Waals surface area contributed by atoms with E-state index in [-0.39, 0.29) is 6.61 Å². The molecule has 0 saturated heterocycles. The van der Waals surface area contributed by atoms with Crippen molar-refractivity contribution >= 4 is 34.5 Å². The van der Waals surface area contributed by atoms with Gasteiger partial charge in [-0.15, -0.1) is 11.3 Å². The van der Waals surface area contributed by atoms with Crippen LogP contribution in [-0.4, -0.2) is 24.4 Å². The molecule has 1 saturated carbocycles. The van der Waals surface area contributed by atoms with E-state index in [0.29, 0.717) is 34.3 Å². The quantitative estimate of drug-likeness (QED) is 0.631. The van der Waals surface area contributed by atoms with Gasteiger partial charge in [-0.2, -0.15) is 0 Å². The van der Waals surface area contributed by atoms with Crippen molar-refractivity contribution in [1.29, 1.82) is 0 Å². The van der Waals surface area contributed by atoms with Gasteiger partial charge in [0.15, 0.2) is 0 Å². The zero-order chi connectivity index (χ0) is 17.6. The minimum absolute atomic E-state index is 0.191. The Kier molecular flexibility index (Phi) is 7.02. The second-order valence-corrected chi connectivity index (χ2v) is 8.31. The highest BCUT2D eigenvalue weighted by Gasteiger charge is 2.27. The Morgan fingerprint density at radius 1 is 1.24 bits per heavy atom. The summed E-state index contributed by atoms with van der Waals surface area (Å²) in [6, 6.07) is 9.66. The highest BCUT2D eigenvalue weighted by Crippen LogP contribution is 2.37. The largest absolute Gasteiger partial charge is 0.489 e. The van der Waals surface area contributed by atoms with Crippen LogP contribution in [0.5, 0.6) is 5.75 Å². The van der Waals surface area contributed by atoms with Crippen molar-refractivity contribution in [3.05, 3.63) is 50.6 Å². The monoisotopic (exact) mass is 399 g/mol. The van der Waals surface area contributed by atoms with Crippen molar-refractivity contribution in [3.8, 4) is 5.75 Å². The molecule has 2 atom stereocenters. The van der Waals surface area contributed by atoms with Crippen LogP contribution in [0, 0.1) is 5.92 Å². The SMILES string of the molecule is OC(CNC(c1cccs1)C1CCCC1)COc1ccc(Cl)cc1Cl. The number of aliphatic hydroxyl groups is 1. The first-order chi connectivity index (χ1) is 12.1. The summed E-state index contributed by atoms with van der Waals surface area (Å²) in [6.45, 7) is 0.681. The molecule has 1 aliphatic carbocycles. The summed E-state index contributed by atoms with van der Waals surface area (Å²) in [4.78, 5) is 1.35. The lowest BCUT2D eigenvalue weighted by molar-refractivity contribution is 0.101. The summed E-state index contributed by atoms with van der Waals surface area (Å²) < 4.78 is 5.62. The van der Waals surface area contributed by atoms with Crippen LogP contribution in [0.2, 0.25) is 10.0 Å². The van der Waals surface area contributed by atoms with E-state index in [2.05, 4.69) is 22.8 Å². The molecule has 0 aliphatic heterocycles. The van der Waals surface area contributed by atoms with Gasteiger partial charge in [0.2, 0.25) is 0 Å². The Hall–Kier alpha value is -0.780. The minimum Gasteiger partial charge on any atom is -0.489 e. The maximum atomic E-state index is 10.3. The molecule has 1 fully saturated rings. The fourth-order valence-corrected chi connectivity index (χ4v) is 4.72. The van der Waals surface area contributed by atoms with Crippen molar-refractivity contribution < 1.29 is 9.84 Å². The third-order valence-corrected chi connectivity index (χ3v) is 6.11. The minimum atomic E-state index is -0.601. The fraction of sp³-hybridized carbons (Fsp3) is 0.474. The zero-order valence-electron chi connectivity index (χ0n) is 14.0. The Bertz CT molecular complexity index is 659. The van der Waals surface area contributed by atoms with Crippen molar-refractivity contribution in [1.82, 2.24) is 5.32 Å². The molecule has 0 radical (unpaired) electrons. The Morgan fingerprint density at radius 3 is 2.72 bits per heavy atom. The van der Waals surface area contributed by atoms with Crippen LogP contribution < -0.4 is 10.1 Å². The number of benzene rings is 1. The molecule has 136 valence electrons. The van der Waals surface area contributed by atoms with Gasteiger partial charge in [-0.3, -0.25) is 0 Å². The predicted molar refractivity (Wildman–Crippen MR) is 105 cm³/mol. The summed E-state index contributed by atoms with van der Waals surface area (Å²) >= 11 is 13.7. The number of nitrogens with one attached hydrogen (secondary N) is 1. The molecule has 1 aliphatic rings. The predicted octanol–water partition coefficient (Wildman–Crippen LogP) is 5.32. The van der Waals surface area contributed by atoms with E-state index in [1.165, 1.54) is 30.6 Å². The molecular formula is C19H23Cl2NO2S. The van der Waals surface area contributed by atoms with E-state index in [9.17, 15) is 5.11 Å². The van der Waals surface area contributed by atoms with Crippen LogP contribution >= 0.6 is 34.5 Å². The number of aliphatic hydroxyl groups excluding tert-OH is 1. The van der Waals surface area contributed by atoms with E-state index in [1.807, 2.05) is 0 Å². The number of thiophene rings is 1. The molecule has 2 unspecified atom stereocenters. The molecule has 25 heavy (non-hydrogen) atoms. The second-order valence-electron chi connectivity index (χ2n) is 6.49. The number of halogens is 2. The molecule has 1 aromatic carbocycles. The van der Waals surface area contributed by atoms with Crippen molar-refractivity contribution in [3.63, 3.8) is 0 Å². The highest BCUT2D eigenvalue weighted by molar-refractivity contribution is 7.10. The van der Waals surface area contributed by atoms with Crippen LogP contribution in [0.1, 0.15) is 36.6 Å². The number of ether oxygens (including phenoxy) is 1. The van der Waals surface area contributed by atoms with Crippen LogP contribution in [0.25, 0.3) is 0 Å². The van der Waals surface area contributed by atoms with E-state index in [0.717, 1.165) is 0 Å². The first-order valence-corrected chi connectivity index (χ1v) is 10.3. The van der Waals surface area contributed by atoms with E-state index < -0.39 is 6.10 Å². The summed E-state index contributed by atoms with van der Waals surface area (Å²) in [7, 11) is 0. The van der Waals surface area contributed by atoms with Crippen LogP contribution in [-0.2, 0) is 0 Å².